The quantitative estimate of drug-likeness (QED) is 0.843. The molecule has 110 valence electrons. The van der Waals surface area contributed by atoms with E-state index in [4.69, 9.17) is 9.47 Å². The topological polar surface area (TPSA) is 43.4 Å². The van der Waals surface area contributed by atoms with Crippen LogP contribution >= 0.6 is 15.9 Å². The van der Waals surface area contributed by atoms with Gasteiger partial charge in [0.15, 0.2) is 11.5 Å². The summed E-state index contributed by atoms with van der Waals surface area (Å²) in [6, 6.07) is 8.22. The normalized spacial score (nSPS) is 13.2. The van der Waals surface area contributed by atoms with E-state index in [2.05, 4.69) is 44.4 Å². The predicted octanol–water partition coefficient (Wildman–Crippen LogP) is 2.95. The van der Waals surface area contributed by atoms with E-state index in [0.29, 0.717) is 13.2 Å². The molecule has 4 nitrogen and oxygen atoms in total. The summed E-state index contributed by atoms with van der Waals surface area (Å²) in [5, 5.41) is 3.42. The van der Waals surface area contributed by atoms with Crippen LogP contribution in [0.3, 0.4) is 0 Å². The number of halogens is 1. The zero-order chi connectivity index (χ0) is 14.5. The molecule has 21 heavy (non-hydrogen) atoms. The van der Waals surface area contributed by atoms with Crippen LogP contribution in [0, 0.1) is 0 Å². The zero-order valence-electron chi connectivity index (χ0n) is 11.6. The lowest BCUT2D eigenvalue weighted by Gasteiger charge is -2.18. The van der Waals surface area contributed by atoms with Crippen LogP contribution in [0.1, 0.15) is 11.1 Å². The number of nitrogens with one attached hydrogen (secondary N) is 1. The second-order valence-electron chi connectivity index (χ2n) is 4.92. The Kier molecular flexibility index (Phi) is 4.72. The third-order valence-corrected chi connectivity index (χ3v) is 3.72. The molecule has 0 amide bonds. The summed E-state index contributed by atoms with van der Waals surface area (Å²) in [6.07, 6.45) is 4.62. The fourth-order valence-corrected chi connectivity index (χ4v) is 2.67. The van der Waals surface area contributed by atoms with E-state index < -0.39 is 0 Å². The molecular formula is C16H17BrN2O2. The fourth-order valence-electron chi connectivity index (χ4n) is 2.26. The van der Waals surface area contributed by atoms with Gasteiger partial charge in [-0.3, -0.25) is 4.98 Å². The number of rotatable bonds is 5. The standard InChI is InChI=1S/C16H17BrN2O2/c17-14-7-13(10-19-11-14)9-18-4-3-12-1-2-15-16(8-12)21-6-5-20-15/h1-2,7-8,10-11,18H,3-6,9H2. The molecule has 1 aliphatic rings. The van der Waals surface area contributed by atoms with E-state index >= 15 is 0 Å². The Morgan fingerprint density at radius 1 is 1.05 bits per heavy atom. The maximum Gasteiger partial charge on any atom is 0.161 e. The summed E-state index contributed by atoms with van der Waals surface area (Å²) in [5.74, 6) is 1.70. The van der Waals surface area contributed by atoms with Crippen molar-refractivity contribution < 1.29 is 9.47 Å². The highest BCUT2D eigenvalue weighted by atomic mass is 79.9. The molecule has 1 aromatic carbocycles. The van der Waals surface area contributed by atoms with Gasteiger partial charge in [0.1, 0.15) is 13.2 Å². The second kappa shape index (κ2) is 6.91. The first kappa shape index (κ1) is 14.4. The SMILES string of the molecule is Brc1cncc(CNCCc2ccc3c(c2)OCCO3)c1. The molecule has 2 aromatic rings. The van der Waals surface area contributed by atoms with E-state index in [0.717, 1.165) is 35.5 Å². The highest BCUT2D eigenvalue weighted by Gasteiger charge is 2.11. The van der Waals surface area contributed by atoms with E-state index in [-0.39, 0.29) is 0 Å². The van der Waals surface area contributed by atoms with Crippen molar-refractivity contribution in [1.29, 1.82) is 0 Å². The van der Waals surface area contributed by atoms with Crippen LogP contribution in [0.15, 0.2) is 41.1 Å². The molecule has 0 atom stereocenters. The molecule has 0 aliphatic carbocycles. The van der Waals surface area contributed by atoms with Gasteiger partial charge in [0.05, 0.1) is 0 Å². The van der Waals surface area contributed by atoms with E-state index in [1.54, 1.807) is 6.20 Å². The Bertz CT molecular complexity index is 619. The lowest BCUT2D eigenvalue weighted by atomic mass is 10.1. The third-order valence-electron chi connectivity index (χ3n) is 3.29. The highest BCUT2D eigenvalue weighted by molar-refractivity contribution is 9.10. The minimum Gasteiger partial charge on any atom is -0.486 e. The highest BCUT2D eigenvalue weighted by Crippen LogP contribution is 2.30. The van der Waals surface area contributed by atoms with Crippen LogP contribution in [0.4, 0.5) is 0 Å². The van der Waals surface area contributed by atoms with Gasteiger partial charge in [-0.2, -0.15) is 0 Å². The monoisotopic (exact) mass is 348 g/mol. The Balaban J connectivity index is 1.49. The molecule has 0 bridgehead atoms. The molecule has 3 rings (SSSR count). The largest absolute Gasteiger partial charge is 0.486 e. The zero-order valence-corrected chi connectivity index (χ0v) is 13.2. The molecule has 0 saturated heterocycles. The molecule has 1 aromatic heterocycles. The van der Waals surface area contributed by atoms with Gasteiger partial charge >= 0.3 is 0 Å². The lowest BCUT2D eigenvalue weighted by molar-refractivity contribution is 0.171. The van der Waals surface area contributed by atoms with Crippen molar-refractivity contribution >= 4 is 15.9 Å². The van der Waals surface area contributed by atoms with Crippen LogP contribution in [0.5, 0.6) is 11.5 Å². The number of hydrogen-bond donors (Lipinski definition) is 1. The van der Waals surface area contributed by atoms with Gasteiger partial charge in [0, 0.05) is 23.4 Å². The Labute approximate surface area is 132 Å². The van der Waals surface area contributed by atoms with Crippen molar-refractivity contribution in [3.05, 3.63) is 52.3 Å². The molecule has 0 fully saturated rings. The van der Waals surface area contributed by atoms with Gasteiger partial charge in [-0.15, -0.1) is 0 Å². The van der Waals surface area contributed by atoms with E-state index in [9.17, 15) is 0 Å². The molecule has 1 aliphatic heterocycles. The van der Waals surface area contributed by atoms with Gasteiger partial charge in [-0.05, 0) is 58.2 Å². The van der Waals surface area contributed by atoms with Crippen LogP contribution in [-0.2, 0) is 13.0 Å². The van der Waals surface area contributed by atoms with Crippen molar-refractivity contribution in [1.82, 2.24) is 10.3 Å². The third kappa shape index (κ3) is 3.95. The Morgan fingerprint density at radius 3 is 2.76 bits per heavy atom. The lowest BCUT2D eigenvalue weighted by Crippen LogP contribution is -2.18. The number of nitrogens with zero attached hydrogens (tertiary/aromatic N) is 1. The number of hydrogen-bond acceptors (Lipinski definition) is 4. The molecule has 0 radical (unpaired) electrons. The first-order valence-electron chi connectivity index (χ1n) is 7.00. The van der Waals surface area contributed by atoms with E-state index in [1.807, 2.05) is 12.3 Å². The summed E-state index contributed by atoms with van der Waals surface area (Å²) in [6.45, 7) is 2.99. The smallest absolute Gasteiger partial charge is 0.161 e. The Morgan fingerprint density at radius 2 is 1.90 bits per heavy atom. The van der Waals surface area contributed by atoms with Crippen LogP contribution in [0.25, 0.3) is 0 Å². The maximum absolute atomic E-state index is 5.59. The molecular weight excluding hydrogens is 332 g/mol. The fraction of sp³-hybridized carbons (Fsp3) is 0.312. The summed E-state index contributed by atoms with van der Waals surface area (Å²) in [5.41, 5.74) is 2.42. The van der Waals surface area contributed by atoms with Crippen LogP contribution in [0.2, 0.25) is 0 Å². The van der Waals surface area contributed by atoms with Crippen LogP contribution < -0.4 is 14.8 Å². The molecule has 0 saturated carbocycles. The number of ether oxygens (including phenoxy) is 2. The number of aromatic nitrogens is 1. The first-order valence-corrected chi connectivity index (χ1v) is 7.79. The first-order chi connectivity index (χ1) is 10.3. The average molecular weight is 349 g/mol. The Hall–Kier alpha value is -1.59. The maximum atomic E-state index is 5.59. The second-order valence-corrected chi connectivity index (χ2v) is 5.83. The molecule has 0 spiro atoms. The van der Waals surface area contributed by atoms with Crippen molar-refractivity contribution in [3.8, 4) is 11.5 Å². The van der Waals surface area contributed by atoms with Gasteiger partial charge in [0.2, 0.25) is 0 Å². The summed E-state index contributed by atoms with van der Waals surface area (Å²) in [4.78, 5) is 4.15. The van der Waals surface area contributed by atoms with E-state index in [1.165, 1.54) is 11.1 Å². The van der Waals surface area contributed by atoms with Crippen molar-refractivity contribution in [2.24, 2.45) is 0 Å². The van der Waals surface area contributed by atoms with Gasteiger partial charge in [0.25, 0.3) is 0 Å². The van der Waals surface area contributed by atoms with Crippen molar-refractivity contribution in [2.75, 3.05) is 19.8 Å². The molecule has 5 heteroatoms. The summed E-state index contributed by atoms with van der Waals surface area (Å²) < 4.78 is 12.1. The average Bonchev–Trinajstić information content (AvgIpc) is 2.51. The van der Waals surface area contributed by atoms with Crippen molar-refractivity contribution in [3.63, 3.8) is 0 Å². The number of fused-ring (bicyclic) bond motifs is 1. The molecule has 1 N–H and O–H groups in total. The van der Waals surface area contributed by atoms with Gasteiger partial charge in [-0.25, -0.2) is 0 Å². The van der Waals surface area contributed by atoms with Crippen LogP contribution in [-0.4, -0.2) is 24.7 Å². The van der Waals surface area contributed by atoms with Crippen molar-refractivity contribution in [2.45, 2.75) is 13.0 Å². The molecule has 0 unspecified atom stereocenters. The van der Waals surface area contributed by atoms with Gasteiger partial charge in [-0.1, -0.05) is 6.07 Å². The summed E-state index contributed by atoms with van der Waals surface area (Å²) >= 11 is 3.43. The number of benzene rings is 1. The minimum atomic E-state index is 0.630. The number of pyridine rings is 1. The minimum absolute atomic E-state index is 0.630. The predicted molar refractivity (Wildman–Crippen MR) is 84.8 cm³/mol. The molecule has 2 heterocycles. The van der Waals surface area contributed by atoms with Gasteiger partial charge < -0.3 is 14.8 Å². The summed E-state index contributed by atoms with van der Waals surface area (Å²) in [7, 11) is 0.